The van der Waals surface area contributed by atoms with E-state index in [1.54, 1.807) is 11.0 Å². The molecule has 1 aromatic carbocycles. The summed E-state index contributed by atoms with van der Waals surface area (Å²) in [7, 11) is 0. The van der Waals surface area contributed by atoms with Crippen molar-refractivity contribution < 1.29 is 4.79 Å². The normalized spacial score (nSPS) is 17.7. The van der Waals surface area contributed by atoms with Gasteiger partial charge in [0, 0.05) is 69.6 Å². The number of hydrogen-bond donors (Lipinski definition) is 0. The van der Waals surface area contributed by atoms with Gasteiger partial charge in [-0.3, -0.25) is 9.69 Å². The van der Waals surface area contributed by atoms with Crippen molar-refractivity contribution in [1.29, 1.82) is 0 Å². The Bertz CT molecular complexity index is 1100. The molecule has 174 valence electrons. The molecule has 0 aliphatic carbocycles. The standard InChI is InChI=1S/C22H28ClN9O/c1-2-32-22-20(26-27-32)21(24-16-25-22)31-9-7-28(8-10-31)15-19(33)30-13-11-29(12-14-30)18-5-3-17(23)4-6-18/h3-6,16H,2,7-15H2,1H3. The van der Waals surface area contributed by atoms with Crippen LogP contribution in [0, 0.1) is 0 Å². The monoisotopic (exact) mass is 469 g/mol. The molecule has 0 unspecified atom stereocenters. The smallest absolute Gasteiger partial charge is 0.236 e. The summed E-state index contributed by atoms with van der Waals surface area (Å²) in [6.07, 6.45) is 1.58. The van der Waals surface area contributed by atoms with Crippen molar-refractivity contribution in [3.8, 4) is 0 Å². The van der Waals surface area contributed by atoms with E-state index in [1.807, 2.05) is 36.1 Å². The van der Waals surface area contributed by atoms with Crippen LogP contribution in [0.1, 0.15) is 6.92 Å². The highest BCUT2D eigenvalue weighted by Gasteiger charge is 2.26. The predicted octanol–water partition coefficient (Wildman–Crippen LogP) is 1.37. The number of amides is 1. The number of halogens is 1. The lowest BCUT2D eigenvalue weighted by molar-refractivity contribution is -0.132. The van der Waals surface area contributed by atoms with E-state index in [9.17, 15) is 4.79 Å². The SMILES string of the molecule is CCn1nnc2c(N3CCN(CC(=O)N4CCN(c5ccc(Cl)cc5)CC4)CC3)ncnc21. The van der Waals surface area contributed by atoms with Gasteiger partial charge in [0.15, 0.2) is 17.0 Å². The summed E-state index contributed by atoms with van der Waals surface area (Å²) in [4.78, 5) is 30.4. The molecule has 2 aliphatic heterocycles. The van der Waals surface area contributed by atoms with Crippen LogP contribution >= 0.6 is 11.6 Å². The summed E-state index contributed by atoms with van der Waals surface area (Å²) >= 11 is 5.99. The first kappa shape index (κ1) is 21.8. The maximum Gasteiger partial charge on any atom is 0.236 e. The molecule has 2 aromatic heterocycles. The number of aryl methyl sites for hydroxylation is 1. The zero-order valence-electron chi connectivity index (χ0n) is 18.8. The van der Waals surface area contributed by atoms with Gasteiger partial charge >= 0.3 is 0 Å². The number of nitrogens with zero attached hydrogens (tertiary/aromatic N) is 9. The molecule has 0 radical (unpaired) electrons. The summed E-state index contributed by atoms with van der Waals surface area (Å²) < 4.78 is 1.78. The quantitative estimate of drug-likeness (QED) is 0.553. The molecule has 33 heavy (non-hydrogen) atoms. The van der Waals surface area contributed by atoms with Crippen LogP contribution in [0.15, 0.2) is 30.6 Å². The average molecular weight is 470 g/mol. The topological polar surface area (TPSA) is 86.5 Å². The first-order valence-electron chi connectivity index (χ1n) is 11.4. The second-order valence-corrected chi connectivity index (χ2v) is 8.82. The van der Waals surface area contributed by atoms with E-state index < -0.39 is 0 Å². The zero-order valence-corrected chi connectivity index (χ0v) is 19.5. The molecule has 0 bridgehead atoms. The minimum atomic E-state index is 0.203. The Labute approximate surface area is 197 Å². The van der Waals surface area contributed by atoms with E-state index in [4.69, 9.17) is 11.6 Å². The molecule has 2 aliphatic rings. The number of carbonyl (C=O) groups excluding carboxylic acids is 1. The molecule has 4 heterocycles. The molecule has 11 heteroatoms. The first-order chi connectivity index (χ1) is 16.1. The lowest BCUT2D eigenvalue weighted by Gasteiger charge is -2.38. The Balaban J connectivity index is 1.12. The van der Waals surface area contributed by atoms with Crippen molar-refractivity contribution in [2.45, 2.75) is 13.5 Å². The zero-order chi connectivity index (χ0) is 22.8. The van der Waals surface area contributed by atoms with E-state index in [0.29, 0.717) is 6.54 Å². The van der Waals surface area contributed by atoms with Crippen LogP contribution in [0.25, 0.3) is 11.2 Å². The van der Waals surface area contributed by atoms with Crippen LogP contribution in [0.5, 0.6) is 0 Å². The highest BCUT2D eigenvalue weighted by Crippen LogP contribution is 2.22. The molecular formula is C22H28ClN9O. The van der Waals surface area contributed by atoms with Gasteiger partial charge in [-0.25, -0.2) is 14.6 Å². The van der Waals surface area contributed by atoms with Crippen molar-refractivity contribution in [3.63, 3.8) is 0 Å². The molecule has 3 aromatic rings. The lowest BCUT2D eigenvalue weighted by Crippen LogP contribution is -2.54. The van der Waals surface area contributed by atoms with Crippen molar-refractivity contribution >= 4 is 40.2 Å². The van der Waals surface area contributed by atoms with E-state index in [2.05, 4.69) is 35.0 Å². The van der Waals surface area contributed by atoms with Gasteiger partial charge < -0.3 is 14.7 Å². The Morgan fingerprint density at radius 3 is 2.33 bits per heavy atom. The minimum Gasteiger partial charge on any atom is -0.368 e. The van der Waals surface area contributed by atoms with Crippen LogP contribution in [0.4, 0.5) is 11.5 Å². The summed E-state index contributed by atoms with van der Waals surface area (Å²) in [6.45, 7) is 9.56. The third-order valence-corrected chi connectivity index (χ3v) is 6.69. The largest absolute Gasteiger partial charge is 0.368 e. The number of piperazine rings is 2. The van der Waals surface area contributed by atoms with Gasteiger partial charge in [-0.05, 0) is 31.2 Å². The number of rotatable bonds is 5. The molecular weight excluding hydrogens is 442 g/mol. The van der Waals surface area contributed by atoms with Crippen molar-refractivity contribution in [2.24, 2.45) is 0 Å². The number of benzene rings is 1. The maximum atomic E-state index is 12.9. The van der Waals surface area contributed by atoms with Crippen molar-refractivity contribution in [1.82, 2.24) is 34.8 Å². The summed E-state index contributed by atoms with van der Waals surface area (Å²) in [5.41, 5.74) is 2.65. The molecule has 1 amide bonds. The van der Waals surface area contributed by atoms with Gasteiger partial charge in [0.1, 0.15) is 6.33 Å². The van der Waals surface area contributed by atoms with Crippen LogP contribution in [0.2, 0.25) is 5.02 Å². The molecule has 2 saturated heterocycles. The van der Waals surface area contributed by atoms with Gasteiger partial charge in [0.2, 0.25) is 5.91 Å². The fraction of sp³-hybridized carbons (Fsp3) is 0.500. The number of hydrogen-bond acceptors (Lipinski definition) is 8. The number of anilines is 2. The fourth-order valence-electron chi connectivity index (χ4n) is 4.50. The van der Waals surface area contributed by atoms with Crippen molar-refractivity contribution in [3.05, 3.63) is 35.6 Å². The highest BCUT2D eigenvalue weighted by molar-refractivity contribution is 6.30. The van der Waals surface area contributed by atoms with Gasteiger partial charge in [-0.15, -0.1) is 5.10 Å². The van der Waals surface area contributed by atoms with Gasteiger partial charge in [0.25, 0.3) is 0 Å². The predicted molar refractivity (Wildman–Crippen MR) is 128 cm³/mol. The molecule has 0 spiro atoms. The molecule has 10 nitrogen and oxygen atoms in total. The maximum absolute atomic E-state index is 12.9. The van der Waals surface area contributed by atoms with E-state index >= 15 is 0 Å². The Kier molecular flexibility index (Phi) is 6.28. The molecule has 5 rings (SSSR count). The Morgan fingerprint density at radius 1 is 0.939 bits per heavy atom. The molecule has 0 saturated carbocycles. The highest BCUT2D eigenvalue weighted by atomic mass is 35.5. The summed E-state index contributed by atoms with van der Waals surface area (Å²) in [6, 6.07) is 7.89. The summed E-state index contributed by atoms with van der Waals surface area (Å²) in [5, 5.41) is 9.20. The van der Waals surface area contributed by atoms with Gasteiger partial charge in [-0.2, -0.15) is 0 Å². The minimum absolute atomic E-state index is 0.203. The molecule has 0 atom stereocenters. The van der Waals surface area contributed by atoms with Gasteiger partial charge in [-0.1, -0.05) is 16.8 Å². The Hall–Kier alpha value is -2.98. The molecule has 2 fully saturated rings. The number of aromatic nitrogens is 5. The third kappa shape index (κ3) is 4.58. The van der Waals surface area contributed by atoms with Crippen LogP contribution < -0.4 is 9.80 Å². The van der Waals surface area contributed by atoms with Crippen LogP contribution in [0.3, 0.4) is 0 Å². The lowest BCUT2D eigenvalue weighted by atomic mass is 10.2. The Morgan fingerprint density at radius 2 is 1.64 bits per heavy atom. The summed E-state index contributed by atoms with van der Waals surface area (Å²) in [5.74, 6) is 1.03. The van der Waals surface area contributed by atoms with Crippen molar-refractivity contribution in [2.75, 3.05) is 68.7 Å². The molecule has 0 N–H and O–H groups in total. The van der Waals surface area contributed by atoms with E-state index in [-0.39, 0.29) is 5.91 Å². The van der Waals surface area contributed by atoms with Crippen LogP contribution in [-0.2, 0) is 11.3 Å². The van der Waals surface area contributed by atoms with Gasteiger partial charge in [0.05, 0.1) is 6.54 Å². The number of carbonyl (C=O) groups is 1. The van der Waals surface area contributed by atoms with E-state index in [1.165, 1.54) is 0 Å². The average Bonchev–Trinajstić information content (AvgIpc) is 3.29. The van der Waals surface area contributed by atoms with E-state index in [0.717, 1.165) is 86.6 Å². The van der Waals surface area contributed by atoms with Crippen LogP contribution in [-0.4, -0.2) is 99.6 Å². The second-order valence-electron chi connectivity index (χ2n) is 8.38. The first-order valence-corrected chi connectivity index (χ1v) is 11.8. The fourth-order valence-corrected chi connectivity index (χ4v) is 4.63. The second kappa shape index (κ2) is 9.48. The number of fused-ring (bicyclic) bond motifs is 1. The third-order valence-electron chi connectivity index (χ3n) is 6.44.